The second-order valence-corrected chi connectivity index (χ2v) is 6.57. The Kier molecular flexibility index (Phi) is 5.99. The molecule has 0 amide bonds. The minimum absolute atomic E-state index is 0.321. The van der Waals surface area contributed by atoms with Crippen LogP contribution in [0.15, 0.2) is 28.9 Å². The van der Waals surface area contributed by atoms with Gasteiger partial charge in [-0.1, -0.05) is 6.92 Å². The first-order valence-corrected chi connectivity index (χ1v) is 8.92. The third-order valence-corrected chi connectivity index (χ3v) is 4.30. The molecular weight excluding hydrogens is 302 g/mol. The van der Waals surface area contributed by atoms with Crippen LogP contribution in [0, 0.1) is 6.92 Å². The zero-order valence-electron chi connectivity index (χ0n) is 14.7. The van der Waals surface area contributed by atoms with E-state index in [-0.39, 0.29) is 0 Å². The molecule has 3 rings (SSSR count). The summed E-state index contributed by atoms with van der Waals surface area (Å²) in [5, 5.41) is 0. The molecule has 130 valence electrons. The lowest BCUT2D eigenvalue weighted by Gasteiger charge is -2.24. The molecule has 0 aromatic carbocycles. The monoisotopic (exact) mass is 329 g/mol. The molecule has 1 atom stereocenters. The van der Waals surface area contributed by atoms with E-state index in [1.807, 2.05) is 25.4 Å². The lowest BCUT2D eigenvalue weighted by atomic mass is 10.2. The zero-order chi connectivity index (χ0) is 16.8. The van der Waals surface area contributed by atoms with Gasteiger partial charge in [0.1, 0.15) is 17.3 Å². The van der Waals surface area contributed by atoms with E-state index in [0.717, 1.165) is 74.8 Å². The maximum absolute atomic E-state index is 5.81. The SMILES string of the molecule is CCCc1ncc(CN(Cc2ccc(C)o2)CC2CCCO2)cn1. The first-order chi connectivity index (χ1) is 11.7. The van der Waals surface area contributed by atoms with Crippen LogP contribution in [-0.2, 0) is 24.2 Å². The van der Waals surface area contributed by atoms with Gasteiger partial charge in [0.15, 0.2) is 0 Å². The van der Waals surface area contributed by atoms with Crippen molar-refractivity contribution in [2.45, 2.75) is 58.7 Å². The summed E-state index contributed by atoms with van der Waals surface area (Å²) < 4.78 is 11.6. The molecule has 0 spiro atoms. The Balaban J connectivity index is 1.65. The van der Waals surface area contributed by atoms with E-state index in [1.165, 1.54) is 0 Å². The Bertz CT molecular complexity index is 618. The van der Waals surface area contributed by atoms with Crippen LogP contribution in [0.2, 0.25) is 0 Å². The summed E-state index contributed by atoms with van der Waals surface area (Å²) in [5.74, 6) is 2.87. The average Bonchev–Trinajstić information content (AvgIpc) is 3.21. The van der Waals surface area contributed by atoms with Crippen LogP contribution in [0.1, 0.15) is 49.1 Å². The predicted octanol–water partition coefficient (Wildman–Crippen LogP) is 3.51. The van der Waals surface area contributed by atoms with Gasteiger partial charge in [0.25, 0.3) is 0 Å². The van der Waals surface area contributed by atoms with Crippen molar-refractivity contribution in [1.82, 2.24) is 14.9 Å². The molecule has 2 aromatic heterocycles. The summed E-state index contributed by atoms with van der Waals surface area (Å²) in [7, 11) is 0. The fourth-order valence-corrected chi connectivity index (χ4v) is 3.13. The van der Waals surface area contributed by atoms with Crippen molar-refractivity contribution in [3.63, 3.8) is 0 Å². The lowest BCUT2D eigenvalue weighted by molar-refractivity contribution is 0.0653. The topological polar surface area (TPSA) is 51.4 Å². The summed E-state index contributed by atoms with van der Waals surface area (Å²) in [5.41, 5.74) is 1.14. The molecule has 24 heavy (non-hydrogen) atoms. The van der Waals surface area contributed by atoms with Crippen LogP contribution < -0.4 is 0 Å². The first-order valence-electron chi connectivity index (χ1n) is 8.92. The van der Waals surface area contributed by atoms with E-state index in [1.54, 1.807) is 0 Å². The molecule has 1 saturated heterocycles. The molecular formula is C19H27N3O2. The molecule has 0 N–H and O–H groups in total. The van der Waals surface area contributed by atoms with Crippen molar-refractivity contribution in [2.24, 2.45) is 0 Å². The van der Waals surface area contributed by atoms with Crippen molar-refractivity contribution in [1.29, 1.82) is 0 Å². The highest BCUT2D eigenvalue weighted by Gasteiger charge is 2.20. The zero-order valence-corrected chi connectivity index (χ0v) is 14.7. The van der Waals surface area contributed by atoms with Crippen LogP contribution in [0.25, 0.3) is 0 Å². The number of furan rings is 1. The number of aromatic nitrogens is 2. The van der Waals surface area contributed by atoms with Gasteiger partial charge in [-0.3, -0.25) is 4.90 Å². The normalized spacial score (nSPS) is 17.7. The molecule has 1 fully saturated rings. The number of rotatable bonds is 8. The number of ether oxygens (including phenoxy) is 1. The van der Waals surface area contributed by atoms with Crippen LogP contribution in [-0.4, -0.2) is 34.1 Å². The molecule has 5 heteroatoms. The molecule has 1 unspecified atom stereocenters. The minimum atomic E-state index is 0.321. The summed E-state index contributed by atoms with van der Waals surface area (Å²) in [6.45, 7) is 7.51. The molecule has 2 aromatic rings. The number of hydrogen-bond acceptors (Lipinski definition) is 5. The van der Waals surface area contributed by atoms with Crippen molar-refractivity contribution in [3.05, 3.63) is 47.4 Å². The van der Waals surface area contributed by atoms with Crippen molar-refractivity contribution >= 4 is 0 Å². The van der Waals surface area contributed by atoms with Gasteiger partial charge < -0.3 is 9.15 Å². The van der Waals surface area contributed by atoms with Gasteiger partial charge in [0.05, 0.1) is 12.6 Å². The number of nitrogens with zero attached hydrogens (tertiary/aromatic N) is 3. The summed E-state index contributed by atoms with van der Waals surface area (Å²) in [6, 6.07) is 4.07. The number of hydrogen-bond donors (Lipinski definition) is 0. The van der Waals surface area contributed by atoms with E-state index in [4.69, 9.17) is 9.15 Å². The van der Waals surface area contributed by atoms with Crippen LogP contribution >= 0.6 is 0 Å². The highest BCUT2D eigenvalue weighted by Crippen LogP contribution is 2.18. The van der Waals surface area contributed by atoms with E-state index in [9.17, 15) is 0 Å². The standard InChI is InChI=1S/C19H27N3O2/c1-3-5-19-20-10-16(11-21-19)12-22(13-17-6-4-9-23-17)14-18-8-7-15(2)24-18/h7-8,10-11,17H,3-6,9,12-14H2,1-2H3. The van der Waals surface area contributed by atoms with Gasteiger partial charge in [-0.25, -0.2) is 9.97 Å². The number of aryl methyl sites for hydroxylation is 2. The highest BCUT2D eigenvalue weighted by molar-refractivity contribution is 5.08. The second kappa shape index (κ2) is 8.40. The average molecular weight is 329 g/mol. The van der Waals surface area contributed by atoms with E-state index in [2.05, 4.69) is 27.9 Å². The third-order valence-electron chi connectivity index (χ3n) is 4.30. The fourth-order valence-electron chi connectivity index (χ4n) is 3.13. The lowest BCUT2D eigenvalue weighted by Crippen LogP contribution is -2.31. The molecule has 0 saturated carbocycles. The molecule has 0 bridgehead atoms. The van der Waals surface area contributed by atoms with E-state index in [0.29, 0.717) is 6.10 Å². The molecule has 1 aliphatic rings. The van der Waals surface area contributed by atoms with Gasteiger partial charge in [0.2, 0.25) is 0 Å². The van der Waals surface area contributed by atoms with Crippen molar-refractivity contribution < 1.29 is 9.15 Å². The Morgan fingerprint density at radius 2 is 2.04 bits per heavy atom. The van der Waals surface area contributed by atoms with Gasteiger partial charge in [0, 0.05) is 44.1 Å². The Morgan fingerprint density at radius 1 is 1.21 bits per heavy atom. The predicted molar refractivity (Wildman–Crippen MR) is 92.6 cm³/mol. The van der Waals surface area contributed by atoms with Crippen molar-refractivity contribution in [3.8, 4) is 0 Å². The van der Waals surface area contributed by atoms with Gasteiger partial charge >= 0.3 is 0 Å². The fraction of sp³-hybridized carbons (Fsp3) is 0.579. The molecule has 0 radical (unpaired) electrons. The molecule has 3 heterocycles. The summed E-state index contributed by atoms with van der Waals surface area (Å²) in [4.78, 5) is 11.3. The Morgan fingerprint density at radius 3 is 2.67 bits per heavy atom. The highest BCUT2D eigenvalue weighted by atomic mass is 16.5. The Labute approximate surface area is 144 Å². The van der Waals surface area contributed by atoms with Crippen LogP contribution in [0.3, 0.4) is 0 Å². The van der Waals surface area contributed by atoms with E-state index < -0.39 is 0 Å². The summed E-state index contributed by atoms with van der Waals surface area (Å²) in [6.07, 6.45) is 8.53. The minimum Gasteiger partial charge on any atom is -0.465 e. The van der Waals surface area contributed by atoms with Crippen LogP contribution in [0.5, 0.6) is 0 Å². The molecule has 1 aliphatic heterocycles. The smallest absolute Gasteiger partial charge is 0.128 e. The quantitative estimate of drug-likeness (QED) is 0.742. The second-order valence-electron chi connectivity index (χ2n) is 6.57. The first kappa shape index (κ1) is 17.1. The van der Waals surface area contributed by atoms with Crippen molar-refractivity contribution in [2.75, 3.05) is 13.2 Å². The maximum atomic E-state index is 5.81. The van der Waals surface area contributed by atoms with Gasteiger partial charge in [-0.05, 0) is 38.3 Å². The summed E-state index contributed by atoms with van der Waals surface area (Å²) >= 11 is 0. The van der Waals surface area contributed by atoms with Gasteiger partial charge in [-0.2, -0.15) is 0 Å². The largest absolute Gasteiger partial charge is 0.465 e. The van der Waals surface area contributed by atoms with E-state index >= 15 is 0 Å². The third kappa shape index (κ3) is 4.89. The van der Waals surface area contributed by atoms with Gasteiger partial charge in [-0.15, -0.1) is 0 Å². The Hall–Kier alpha value is -1.72. The molecule has 5 nitrogen and oxygen atoms in total. The maximum Gasteiger partial charge on any atom is 0.128 e. The van der Waals surface area contributed by atoms with Crippen LogP contribution in [0.4, 0.5) is 0 Å². The molecule has 0 aliphatic carbocycles.